The Morgan fingerprint density at radius 3 is 2.55 bits per heavy atom. The van der Waals surface area contributed by atoms with Crippen LogP contribution in [-0.2, 0) is 10.0 Å². The molecule has 2 aromatic rings. The fourth-order valence-corrected chi connectivity index (χ4v) is 3.45. The minimum atomic E-state index is -3.39. The average molecular weight is 311 g/mol. The van der Waals surface area contributed by atoms with Gasteiger partial charge in [0, 0.05) is 17.6 Å². The third-order valence-electron chi connectivity index (χ3n) is 2.78. The lowest BCUT2D eigenvalue weighted by molar-refractivity contribution is 0.584. The van der Waals surface area contributed by atoms with Gasteiger partial charge < -0.3 is 5.32 Å². The third-order valence-corrected chi connectivity index (χ3v) is 4.94. The van der Waals surface area contributed by atoms with Gasteiger partial charge in [-0.25, -0.2) is 18.1 Å². The number of hydrogen-bond acceptors (Lipinski definition) is 5. The molecule has 0 saturated carbocycles. The van der Waals surface area contributed by atoms with Gasteiger partial charge in [0.2, 0.25) is 10.0 Å². The predicted molar refractivity (Wildman–Crippen MR) is 81.5 cm³/mol. The number of rotatable bonds is 6. The van der Waals surface area contributed by atoms with E-state index >= 15 is 0 Å². The summed E-state index contributed by atoms with van der Waals surface area (Å²) in [5.41, 5.74) is 3.62. The average Bonchev–Trinajstić information content (AvgIpc) is 2.93. The Bertz CT molecular complexity index is 637. The Morgan fingerprint density at radius 1 is 1.30 bits per heavy atom. The Balaban J connectivity index is 2.09. The van der Waals surface area contributed by atoms with Crippen LogP contribution in [0.4, 0.5) is 5.69 Å². The summed E-state index contributed by atoms with van der Waals surface area (Å²) < 4.78 is 26.1. The molecule has 0 aliphatic heterocycles. The van der Waals surface area contributed by atoms with E-state index in [2.05, 4.69) is 15.0 Å². The standard InChI is InChI=1S/C13H17N3O2S2/c1-3-15-20(17,18)12-6-4-11(5-7-12)16-10(2)13-8-19-9-14-13/h4-10,15-16H,3H2,1-2H3. The molecule has 7 heteroatoms. The van der Waals surface area contributed by atoms with E-state index in [1.165, 1.54) is 0 Å². The summed E-state index contributed by atoms with van der Waals surface area (Å²) in [5.74, 6) is 0. The molecular formula is C13H17N3O2S2. The quantitative estimate of drug-likeness (QED) is 0.860. The molecule has 0 spiro atoms. The Kier molecular flexibility index (Phi) is 4.74. The lowest BCUT2D eigenvalue weighted by atomic mass is 10.2. The molecule has 0 aliphatic rings. The summed E-state index contributed by atoms with van der Waals surface area (Å²) in [7, 11) is -3.39. The number of sulfonamides is 1. The van der Waals surface area contributed by atoms with Gasteiger partial charge in [0.15, 0.2) is 0 Å². The monoisotopic (exact) mass is 311 g/mol. The van der Waals surface area contributed by atoms with E-state index < -0.39 is 10.0 Å². The second-order valence-electron chi connectivity index (χ2n) is 4.31. The third kappa shape index (κ3) is 3.56. The number of nitrogens with one attached hydrogen (secondary N) is 2. The van der Waals surface area contributed by atoms with Crippen LogP contribution in [0.2, 0.25) is 0 Å². The minimum Gasteiger partial charge on any atom is -0.377 e. The molecule has 0 radical (unpaired) electrons. The Morgan fingerprint density at radius 2 is 2.00 bits per heavy atom. The highest BCUT2D eigenvalue weighted by Gasteiger charge is 2.12. The maximum atomic E-state index is 11.8. The molecule has 1 aromatic heterocycles. The number of nitrogens with zero attached hydrogens (tertiary/aromatic N) is 1. The highest BCUT2D eigenvalue weighted by molar-refractivity contribution is 7.89. The van der Waals surface area contributed by atoms with Gasteiger partial charge in [-0.15, -0.1) is 11.3 Å². The molecule has 0 fully saturated rings. The van der Waals surface area contributed by atoms with Crippen LogP contribution in [0.25, 0.3) is 0 Å². The summed E-state index contributed by atoms with van der Waals surface area (Å²) in [4.78, 5) is 4.51. The van der Waals surface area contributed by atoms with Crippen LogP contribution in [0.15, 0.2) is 40.1 Å². The van der Waals surface area contributed by atoms with Crippen molar-refractivity contribution >= 4 is 27.0 Å². The largest absolute Gasteiger partial charge is 0.377 e. The van der Waals surface area contributed by atoms with E-state index in [4.69, 9.17) is 0 Å². The van der Waals surface area contributed by atoms with E-state index in [9.17, 15) is 8.42 Å². The molecule has 1 unspecified atom stereocenters. The predicted octanol–water partition coefficient (Wildman–Crippen LogP) is 2.61. The zero-order chi connectivity index (χ0) is 14.6. The lowest BCUT2D eigenvalue weighted by Gasteiger charge is -2.13. The van der Waals surface area contributed by atoms with Crippen molar-refractivity contribution in [1.29, 1.82) is 0 Å². The zero-order valence-corrected chi connectivity index (χ0v) is 13.0. The van der Waals surface area contributed by atoms with Crippen LogP contribution in [0.1, 0.15) is 25.6 Å². The second kappa shape index (κ2) is 6.34. The molecule has 20 heavy (non-hydrogen) atoms. The number of benzene rings is 1. The second-order valence-corrected chi connectivity index (χ2v) is 6.79. The van der Waals surface area contributed by atoms with Crippen molar-refractivity contribution in [2.45, 2.75) is 24.8 Å². The summed E-state index contributed by atoms with van der Waals surface area (Å²) >= 11 is 1.55. The molecule has 0 saturated heterocycles. The van der Waals surface area contributed by atoms with Crippen molar-refractivity contribution in [2.24, 2.45) is 0 Å². The molecule has 108 valence electrons. The van der Waals surface area contributed by atoms with Crippen molar-refractivity contribution in [1.82, 2.24) is 9.71 Å². The van der Waals surface area contributed by atoms with E-state index in [1.807, 2.05) is 12.3 Å². The van der Waals surface area contributed by atoms with Gasteiger partial charge in [0.1, 0.15) is 0 Å². The summed E-state index contributed by atoms with van der Waals surface area (Å²) in [6.45, 7) is 4.14. The van der Waals surface area contributed by atoms with E-state index in [0.29, 0.717) is 6.54 Å². The molecule has 0 amide bonds. The van der Waals surface area contributed by atoms with Crippen LogP contribution in [0, 0.1) is 0 Å². The highest BCUT2D eigenvalue weighted by Crippen LogP contribution is 2.20. The van der Waals surface area contributed by atoms with Gasteiger partial charge in [-0.1, -0.05) is 6.92 Å². The lowest BCUT2D eigenvalue weighted by Crippen LogP contribution is -2.23. The molecule has 0 bridgehead atoms. The maximum Gasteiger partial charge on any atom is 0.240 e. The smallest absolute Gasteiger partial charge is 0.240 e. The van der Waals surface area contributed by atoms with Gasteiger partial charge in [0.25, 0.3) is 0 Å². The molecule has 2 N–H and O–H groups in total. The zero-order valence-electron chi connectivity index (χ0n) is 11.3. The van der Waals surface area contributed by atoms with Gasteiger partial charge in [-0.05, 0) is 31.2 Å². The maximum absolute atomic E-state index is 11.8. The normalized spacial score (nSPS) is 13.1. The van der Waals surface area contributed by atoms with Crippen LogP contribution in [0.3, 0.4) is 0 Å². The van der Waals surface area contributed by atoms with Crippen LogP contribution in [0.5, 0.6) is 0 Å². The first kappa shape index (κ1) is 15.0. The summed E-state index contributed by atoms with van der Waals surface area (Å²) in [5, 5.41) is 5.27. The first-order valence-corrected chi connectivity index (χ1v) is 8.70. The SMILES string of the molecule is CCNS(=O)(=O)c1ccc(NC(C)c2cscn2)cc1. The van der Waals surface area contributed by atoms with E-state index in [0.717, 1.165) is 11.4 Å². The molecular weight excluding hydrogens is 294 g/mol. The van der Waals surface area contributed by atoms with Crippen LogP contribution >= 0.6 is 11.3 Å². The topological polar surface area (TPSA) is 71.1 Å². The van der Waals surface area contributed by atoms with Gasteiger partial charge in [-0.3, -0.25) is 0 Å². The van der Waals surface area contributed by atoms with Gasteiger partial charge >= 0.3 is 0 Å². The van der Waals surface area contributed by atoms with E-state index in [-0.39, 0.29) is 10.9 Å². The van der Waals surface area contributed by atoms with E-state index in [1.54, 1.807) is 48.0 Å². The summed E-state index contributed by atoms with van der Waals surface area (Å²) in [6, 6.07) is 6.78. The van der Waals surface area contributed by atoms with Crippen LogP contribution in [-0.4, -0.2) is 19.9 Å². The van der Waals surface area contributed by atoms with Crippen LogP contribution < -0.4 is 10.0 Å². The highest BCUT2D eigenvalue weighted by atomic mass is 32.2. The van der Waals surface area contributed by atoms with Crippen molar-refractivity contribution in [3.05, 3.63) is 40.8 Å². The molecule has 1 heterocycles. The van der Waals surface area contributed by atoms with Gasteiger partial charge in [-0.2, -0.15) is 0 Å². The minimum absolute atomic E-state index is 0.0810. The van der Waals surface area contributed by atoms with Gasteiger partial charge in [0.05, 0.1) is 22.1 Å². The van der Waals surface area contributed by atoms with Crippen molar-refractivity contribution in [3.8, 4) is 0 Å². The number of hydrogen-bond donors (Lipinski definition) is 2. The molecule has 1 aromatic carbocycles. The number of aromatic nitrogens is 1. The molecule has 1 atom stereocenters. The molecule has 0 aliphatic carbocycles. The first-order valence-electron chi connectivity index (χ1n) is 6.27. The molecule has 5 nitrogen and oxygen atoms in total. The van der Waals surface area contributed by atoms with Crippen molar-refractivity contribution < 1.29 is 8.42 Å². The molecule has 2 rings (SSSR count). The van der Waals surface area contributed by atoms with Crippen molar-refractivity contribution in [3.63, 3.8) is 0 Å². The Hall–Kier alpha value is -1.44. The fraction of sp³-hybridized carbons (Fsp3) is 0.308. The fourth-order valence-electron chi connectivity index (χ4n) is 1.76. The number of thiazole rings is 1. The number of anilines is 1. The Labute approximate surface area is 123 Å². The summed E-state index contributed by atoms with van der Waals surface area (Å²) in [6.07, 6.45) is 0. The van der Waals surface area contributed by atoms with Crippen molar-refractivity contribution in [2.75, 3.05) is 11.9 Å². The first-order chi connectivity index (χ1) is 9.53.